The number of hydrogen-bond acceptors (Lipinski definition) is 7. The minimum atomic E-state index is -1.35. The Morgan fingerprint density at radius 2 is 1.41 bits per heavy atom. The third-order valence-electron chi connectivity index (χ3n) is 5.68. The molecule has 0 aliphatic carbocycles. The lowest BCUT2D eigenvalue weighted by Crippen LogP contribution is -2.17. The van der Waals surface area contributed by atoms with Gasteiger partial charge in [0.25, 0.3) is 0 Å². The van der Waals surface area contributed by atoms with Crippen LogP contribution in [0.2, 0.25) is 0 Å². The van der Waals surface area contributed by atoms with Crippen LogP contribution < -0.4 is 11.3 Å². The second-order valence-electron chi connectivity index (χ2n) is 7.66. The molecule has 168 valence electrons. The van der Waals surface area contributed by atoms with Crippen LogP contribution in [-0.2, 0) is 0 Å². The van der Waals surface area contributed by atoms with Gasteiger partial charge in [-0.3, -0.25) is 0 Å². The zero-order valence-corrected chi connectivity index (χ0v) is 17.4. The van der Waals surface area contributed by atoms with Gasteiger partial charge >= 0.3 is 17.2 Å². The van der Waals surface area contributed by atoms with E-state index in [2.05, 4.69) is 0 Å². The summed E-state index contributed by atoms with van der Waals surface area (Å²) < 4.78 is 10.9. The molecule has 0 fully saturated rings. The third kappa shape index (κ3) is 3.29. The van der Waals surface area contributed by atoms with Gasteiger partial charge in [-0.15, -0.1) is 0 Å². The van der Waals surface area contributed by atoms with Crippen LogP contribution in [0.1, 0.15) is 33.2 Å². The Morgan fingerprint density at radius 3 is 2.15 bits per heavy atom. The number of aromatic hydroxyl groups is 2. The molecule has 0 spiro atoms. The molecule has 3 N–H and O–H groups in total. The van der Waals surface area contributed by atoms with Crippen molar-refractivity contribution in [3.05, 3.63) is 116 Å². The van der Waals surface area contributed by atoms with Crippen LogP contribution in [0.3, 0.4) is 0 Å². The monoisotopic (exact) mass is 456 g/mol. The van der Waals surface area contributed by atoms with Gasteiger partial charge in [0.15, 0.2) is 11.5 Å². The number of carbonyl (C=O) groups is 1. The van der Waals surface area contributed by atoms with E-state index < -0.39 is 34.6 Å². The smallest absolute Gasteiger partial charge is 0.344 e. The number of benzene rings is 3. The van der Waals surface area contributed by atoms with Gasteiger partial charge in [-0.2, -0.15) is 0 Å². The summed E-state index contributed by atoms with van der Waals surface area (Å²) in [5, 5.41) is 32.2. The number of carboxylic acid groups (broad SMARTS) is 1. The fourth-order valence-electron chi connectivity index (χ4n) is 4.10. The summed E-state index contributed by atoms with van der Waals surface area (Å²) in [6.45, 7) is 0. The van der Waals surface area contributed by atoms with Crippen molar-refractivity contribution >= 4 is 27.7 Å². The zero-order valence-electron chi connectivity index (χ0n) is 17.4. The number of fused-ring (bicyclic) bond motifs is 2. The molecule has 5 aromatic rings. The lowest BCUT2D eigenvalue weighted by Gasteiger charge is -2.19. The average Bonchev–Trinajstić information content (AvgIpc) is 2.84. The molecule has 0 amide bonds. The van der Waals surface area contributed by atoms with Gasteiger partial charge in [0, 0.05) is 5.39 Å². The first-order valence-corrected chi connectivity index (χ1v) is 10.2. The topological polar surface area (TPSA) is 138 Å². The second kappa shape index (κ2) is 7.93. The Kier molecular flexibility index (Phi) is 4.90. The standard InChI is InChI=1S/C26H16O8/c27-21-17-10-3-4-11-18(17)33-26(32)20(21)19(13-6-5-7-14(12-13)24(29)30)23-22(28)15-8-1-2-9-16(15)25(31)34-23/h1-12,19,27-28H,(H,29,30). The van der Waals surface area contributed by atoms with E-state index in [-0.39, 0.29) is 44.2 Å². The predicted molar refractivity (Wildman–Crippen MR) is 123 cm³/mol. The largest absolute Gasteiger partial charge is 0.507 e. The molecule has 0 aliphatic rings. The predicted octanol–water partition coefficient (Wildman–Crippen LogP) is 4.19. The Balaban J connectivity index is 1.91. The average molecular weight is 456 g/mol. The fraction of sp³-hybridized carbons (Fsp3) is 0.0385. The van der Waals surface area contributed by atoms with Crippen molar-refractivity contribution in [3.8, 4) is 11.5 Å². The summed E-state index contributed by atoms with van der Waals surface area (Å²) in [5.74, 6) is -3.76. The van der Waals surface area contributed by atoms with E-state index in [1.54, 1.807) is 24.3 Å². The molecule has 0 bridgehead atoms. The molecule has 1 atom stereocenters. The molecule has 2 aromatic heterocycles. The van der Waals surface area contributed by atoms with Gasteiger partial charge in [0.2, 0.25) is 0 Å². The first-order valence-electron chi connectivity index (χ1n) is 10.2. The van der Waals surface area contributed by atoms with Crippen LogP contribution in [0, 0.1) is 0 Å². The first-order chi connectivity index (χ1) is 16.4. The number of hydrogen-bond donors (Lipinski definition) is 3. The van der Waals surface area contributed by atoms with Crippen LogP contribution >= 0.6 is 0 Å². The minimum Gasteiger partial charge on any atom is -0.507 e. The van der Waals surface area contributed by atoms with Crippen LogP contribution in [0.15, 0.2) is 91.2 Å². The highest BCUT2D eigenvalue weighted by atomic mass is 16.4. The minimum absolute atomic E-state index is 0.102. The molecule has 34 heavy (non-hydrogen) atoms. The summed E-state index contributed by atoms with van der Waals surface area (Å²) in [6.07, 6.45) is 0. The van der Waals surface area contributed by atoms with Crippen molar-refractivity contribution < 1.29 is 28.9 Å². The lowest BCUT2D eigenvalue weighted by atomic mass is 9.86. The van der Waals surface area contributed by atoms with Gasteiger partial charge in [-0.05, 0) is 35.9 Å². The van der Waals surface area contributed by atoms with Gasteiger partial charge in [0.05, 0.1) is 27.8 Å². The number of para-hydroxylation sites is 1. The van der Waals surface area contributed by atoms with Crippen molar-refractivity contribution in [2.75, 3.05) is 0 Å². The van der Waals surface area contributed by atoms with Crippen molar-refractivity contribution in [2.45, 2.75) is 5.92 Å². The Labute approximate surface area is 190 Å². The quantitative estimate of drug-likeness (QED) is 0.342. The fourth-order valence-corrected chi connectivity index (χ4v) is 4.10. The normalized spacial score (nSPS) is 12.1. The molecule has 2 heterocycles. The molecule has 5 rings (SSSR count). The van der Waals surface area contributed by atoms with E-state index in [9.17, 15) is 29.7 Å². The summed E-state index contributed by atoms with van der Waals surface area (Å²) in [7, 11) is 0. The maximum atomic E-state index is 13.1. The highest BCUT2D eigenvalue weighted by Gasteiger charge is 2.32. The van der Waals surface area contributed by atoms with Crippen molar-refractivity contribution in [1.29, 1.82) is 0 Å². The maximum absolute atomic E-state index is 13.1. The van der Waals surface area contributed by atoms with E-state index >= 15 is 0 Å². The Hall–Kier alpha value is -4.85. The van der Waals surface area contributed by atoms with Crippen molar-refractivity contribution in [3.63, 3.8) is 0 Å². The van der Waals surface area contributed by atoms with Crippen molar-refractivity contribution in [1.82, 2.24) is 0 Å². The van der Waals surface area contributed by atoms with Crippen LogP contribution in [0.5, 0.6) is 11.5 Å². The van der Waals surface area contributed by atoms with E-state index in [1.807, 2.05) is 0 Å². The molecule has 3 aromatic carbocycles. The van der Waals surface area contributed by atoms with Crippen LogP contribution in [0.25, 0.3) is 21.7 Å². The van der Waals surface area contributed by atoms with Crippen LogP contribution in [-0.4, -0.2) is 21.3 Å². The molecular formula is C26H16O8. The number of rotatable bonds is 4. The Bertz CT molecular complexity index is 1710. The molecule has 0 radical (unpaired) electrons. The maximum Gasteiger partial charge on any atom is 0.344 e. The highest BCUT2D eigenvalue weighted by molar-refractivity contribution is 5.90. The summed E-state index contributed by atoms with van der Waals surface area (Å²) in [6, 6.07) is 18.1. The summed E-state index contributed by atoms with van der Waals surface area (Å²) in [5.41, 5.74) is -1.79. The van der Waals surface area contributed by atoms with Gasteiger partial charge in [-0.25, -0.2) is 14.4 Å². The van der Waals surface area contributed by atoms with Crippen LogP contribution in [0.4, 0.5) is 0 Å². The first kappa shape index (κ1) is 21.0. The Morgan fingerprint density at radius 1 is 0.735 bits per heavy atom. The summed E-state index contributed by atoms with van der Waals surface area (Å²) >= 11 is 0. The third-order valence-corrected chi connectivity index (χ3v) is 5.68. The van der Waals surface area contributed by atoms with E-state index in [1.165, 1.54) is 48.5 Å². The van der Waals surface area contributed by atoms with Gasteiger partial charge in [-0.1, -0.05) is 42.5 Å². The van der Waals surface area contributed by atoms with E-state index in [0.29, 0.717) is 0 Å². The van der Waals surface area contributed by atoms with E-state index in [4.69, 9.17) is 8.83 Å². The molecule has 8 heteroatoms. The molecule has 8 nitrogen and oxygen atoms in total. The second-order valence-corrected chi connectivity index (χ2v) is 7.66. The lowest BCUT2D eigenvalue weighted by molar-refractivity contribution is 0.0696. The van der Waals surface area contributed by atoms with Gasteiger partial charge < -0.3 is 24.2 Å². The molecule has 0 aliphatic heterocycles. The zero-order chi connectivity index (χ0) is 24.0. The number of aromatic carboxylic acids is 1. The summed E-state index contributed by atoms with van der Waals surface area (Å²) in [4.78, 5) is 37.4. The molecular weight excluding hydrogens is 440 g/mol. The van der Waals surface area contributed by atoms with E-state index in [0.717, 1.165) is 0 Å². The molecule has 0 saturated carbocycles. The SMILES string of the molecule is O=C(O)c1cccc(C(c2oc(=O)c3ccccc3c2O)c2c(O)c3ccccc3oc2=O)c1. The molecule has 0 saturated heterocycles. The highest BCUT2D eigenvalue weighted by Crippen LogP contribution is 2.42. The number of carboxylic acids is 1. The van der Waals surface area contributed by atoms with Gasteiger partial charge in [0.1, 0.15) is 11.3 Å². The molecule has 1 unspecified atom stereocenters. The van der Waals surface area contributed by atoms with Crippen molar-refractivity contribution in [2.24, 2.45) is 0 Å².